The number of nitrogens with two attached hydrogens (primary N) is 1. The van der Waals surface area contributed by atoms with Crippen LogP contribution in [0.3, 0.4) is 0 Å². The van der Waals surface area contributed by atoms with Crippen LogP contribution in [0.25, 0.3) is 0 Å². The lowest BCUT2D eigenvalue weighted by Crippen LogP contribution is -2.31. The van der Waals surface area contributed by atoms with E-state index in [9.17, 15) is 14.9 Å². The van der Waals surface area contributed by atoms with Crippen LogP contribution < -0.4 is 11.3 Å². The van der Waals surface area contributed by atoms with Crippen molar-refractivity contribution < 1.29 is 9.72 Å². The molecule has 3 N–H and O–H groups in total. The monoisotopic (exact) mass is 278 g/mol. The maximum absolute atomic E-state index is 12.4. The van der Waals surface area contributed by atoms with Gasteiger partial charge in [-0.25, -0.2) is 0 Å². The van der Waals surface area contributed by atoms with E-state index in [0.717, 1.165) is 25.7 Å². The number of nitrogen functional groups attached to an aromatic ring is 1. The highest BCUT2D eigenvalue weighted by molar-refractivity contribution is 5.95. The number of nitrogens with zero attached hydrogens (tertiary/aromatic N) is 2. The van der Waals surface area contributed by atoms with Crippen molar-refractivity contribution in [2.75, 3.05) is 18.5 Å². The number of nitro benzene ring substituents is 1. The number of amides is 1. The molecule has 0 aliphatic carbocycles. The molecule has 0 radical (unpaired) electrons. The van der Waals surface area contributed by atoms with E-state index in [1.54, 1.807) is 11.0 Å². The smallest absolute Gasteiger partial charge is 0.294 e. The number of nitrogens with one attached hydrogen (secondary N) is 1. The lowest BCUT2D eigenvalue weighted by molar-refractivity contribution is -0.384. The van der Waals surface area contributed by atoms with Crippen LogP contribution in [0.15, 0.2) is 18.2 Å². The molecule has 1 aromatic carbocycles. The van der Waals surface area contributed by atoms with Gasteiger partial charge in [0.1, 0.15) is 5.69 Å². The molecule has 108 valence electrons. The average Bonchev–Trinajstić information content (AvgIpc) is 2.74. The molecule has 0 spiro atoms. The van der Waals surface area contributed by atoms with Gasteiger partial charge in [0.2, 0.25) is 0 Å². The van der Waals surface area contributed by atoms with Gasteiger partial charge in [0.25, 0.3) is 11.6 Å². The predicted octanol–water partition coefficient (Wildman–Crippen LogP) is 1.90. The van der Waals surface area contributed by atoms with Crippen molar-refractivity contribution >= 4 is 17.3 Å². The van der Waals surface area contributed by atoms with Crippen molar-refractivity contribution in [3.63, 3.8) is 0 Å². The minimum atomic E-state index is -0.547. The predicted molar refractivity (Wildman–Crippen MR) is 75.3 cm³/mol. The van der Waals surface area contributed by atoms with Crippen molar-refractivity contribution in [2.24, 2.45) is 5.84 Å². The van der Waals surface area contributed by atoms with E-state index in [4.69, 9.17) is 5.84 Å². The molecule has 1 saturated heterocycles. The third-order valence-corrected chi connectivity index (χ3v) is 3.49. The van der Waals surface area contributed by atoms with Gasteiger partial charge in [0, 0.05) is 24.7 Å². The first kappa shape index (κ1) is 14.3. The number of hydrogen-bond acceptors (Lipinski definition) is 5. The zero-order valence-corrected chi connectivity index (χ0v) is 11.2. The summed E-state index contributed by atoms with van der Waals surface area (Å²) in [6.45, 7) is 1.42. The Balaban J connectivity index is 2.25. The number of benzene rings is 1. The molecule has 0 saturated carbocycles. The first-order chi connectivity index (χ1) is 9.63. The highest BCUT2D eigenvalue weighted by Crippen LogP contribution is 2.25. The zero-order chi connectivity index (χ0) is 14.5. The molecule has 0 aromatic heterocycles. The number of likely N-dealkylation sites (tertiary alicyclic amines) is 1. The van der Waals surface area contributed by atoms with Crippen molar-refractivity contribution in [1.82, 2.24) is 4.90 Å². The van der Waals surface area contributed by atoms with Gasteiger partial charge in [-0.3, -0.25) is 20.8 Å². The third kappa shape index (κ3) is 3.05. The number of carbonyl (C=O) groups excluding carboxylic acids is 1. The van der Waals surface area contributed by atoms with Crippen LogP contribution in [0.1, 0.15) is 36.0 Å². The number of nitro groups is 1. The summed E-state index contributed by atoms with van der Waals surface area (Å²) in [5, 5.41) is 11.0. The van der Waals surface area contributed by atoms with Crippen LogP contribution in [-0.4, -0.2) is 28.8 Å². The molecular weight excluding hydrogens is 260 g/mol. The Morgan fingerprint density at radius 2 is 1.90 bits per heavy atom. The van der Waals surface area contributed by atoms with E-state index < -0.39 is 4.92 Å². The van der Waals surface area contributed by atoms with Crippen molar-refractivity contribution in [3.8, 4) is 0 Å². The highest BCUT2D eigenvalue weighted by Gasteiger charge is 2.21. The molecule has 7 heteroatoms. The molecule has 0 atom stereocenters. The number of carbonyl (C=O) groups is 1. The fraction of sp³-hybridized carbons (Fsp3) is 0.462. The molecule has 0 unspecified atom stereocenters. The topological polar surface area (TPSA) is 102 Å². The van der Waals surface area contributed by atoms with Gasteiger partial charge in [-0.05, 0) is 25.0 Å². The number of hydrazine groups is 1. The number of anilines is 1. The van der Waals surface area contributed by atoms with E-state index in [1.807, 2.05) is 0 Å². The van der Waals surface area contributed by atoms with E-state index in [2.05, 4.69) is 5.43 Å². The summed E-state index contributed by atoms with van der Waals surface area (Å²) in [4.78, 5) is 24.6. The van der Waals surface area contributed by atoms with Gasteiger partial charge in [-0.15, -0.1) is 0 Å². The number of hydrogen-bond donors (Lipinski definition) is 2. The van der Waals surface area contributed by atoms with Crippen molar-refractivity contribution in [1.29, 1.82) is 0 Å². The summed E-state index contributed by atoms with van der Waals surface area (Å²) in [6, 6.07) is 4.31. The van der Waals surface area contributed by atoms with Gasteiger partial charge in [-0.1, -0.05) is 12.8 Å². The molecular formula is C13H18N4O3. The van der Waals surface area contributed by atoms with Crippen LogP contribution in [-0.2, 0) is 0 Å². The quantitative estimate of drug-likeness (QED) is 0.499. The summed E-state index contributed by atoms with van der Waals surface area (Å²) in [6.07, 6.45) is 4.21. The Bertz CT molecular complexity index is 510. The van der Waals surface area contributed by atoms with Gasteiger partial charge < -0.3 is 10.3 Å². The summed E-state index contributed by atoms with van der Waals surface area (Å²) in [5.74, 6) is 5.07. The molecule has 7 nitrogen and oxygen atoms in total. The van der Waals surface area contributed by atoms with Crippen molar-refractivity contribution in [3.05, 3.63) is 33.9 Å². The van der Waals surface area contributed by atoms with Gasteiger partial charge in [0.15, 0.2) is 0 Å². The molecule has 1 fully saturated rings. The highest BCUT2D eigenvalue weighted by atomic mass is 16.6. The molecule has 1 aliphatic rings. The van der Waals surface area contributed by atoms with Crippen LogP contribution in [0.2, 0.25) is 0 Å². The first-order valence-corrected chi connectivity index (χ1v) is 6.68. The van der Waals surface area contributed by atoms with Crippen LogP contribution >= 0.6 is 0 Å². The SMILES string of the molecule is NNc1ccc(C(=O)N2CCCCCC2)cc1[N+](=O)[O-]. The van der Waals surface area contributed by atoms with E-state index in [0.29, 0.717) is 18.7 Å². The fourth-order valence-electron chi connectivity index (χ4n) is 2.39. The van der Waals surface area contributed by atoms with Gasteiger partial charge in [0.05, 0.1) is 4.92 Å². The molecule has 1 amide bonds. The van der Waals surface area contributed by atoms with Crippen molar-refractivity contribution in [2.45, 2.75) is 25.7 Å². The molecule has 0 bridgehead atoms. The van der Waals surface area contributed by atoms with Gasteiger partial charge >= 0.3 is 0 Å². The summed E-state index contributed by atoms with van der Waals surface area (Å²) in [7, 11) is 0. The van der Waals surface area contributed by atoms with Crippen LogP contribution in [0.5, 0.6) is 0 Å². The average molecular weight is 278 g/mol. The molecule has 1 heterocycles. The summed E-state index contributed by atoms with van der Waals surface area (Å²) < 4.78 is 0. The van der Waals surface area contributed by atoms with Crippen LogP contribution in [0, 0.1) is 10.1 Å². The third-order valence-electron chi connectivity index (χ3n) is 3.49. The maximum atomic E-state index is 12.4. The zero-order valence-electron chi connectivity index (χ0n) is 11.2. The van der Waals surface area contributed by atoms with Crippen LogP contribution in [0.4, 0.5) is 11.4 Å². The molecule has 20 heavy (non-hydrogen) atoms. The molecule has 1 aliphatic heterocycles. The first-order valence-electron chi connectivity index (χ1n) is 6.68. The van der Waals surface area contributed by atoms with E-state index in [1.165, 1.54) is 12.1 Å². The second-order valence-electron chi connectivity index (χ2n) is 4.84. The molecule has 1 aromatic rings. The maximum Gasteiger partial charge on any atom is 0.294 e. The second kappa shape index (κ2) is 6.33. The Hall–Kier alpha value is -2.15. The van der Waals surface area contributed by atoms with Gasteiger partial charge in [-0.2, -0.15) is 0 Å². The Morgan fingerprint density at radius 3 is 2.45 bits per heavy atom. The Kier molecular flexibility index (Phi) is 4.52. The minimum absolute atomic E-state index is 0.154. The summed E-state index contributed by atoms with van der Waals surface area (Å²) in [5.41, 5.74) is 2.61. The van der Waals surface area contributed by atoms with E-state index in [-0.39, 0.29) is 17.3 Å². The number of rotatable bonds is 3. The fourth-order valence-corrected chi connectivity index (χ4v) is 2.39. The van der Waals surface area contributed by atoms with E-state index >= 15 is 0 Å². The summed E-state index contributed by atoms with van der Waals surface area (Å²) >= 11 is 0. The lowest BCUT2D eigenvalue weighted by Gasteiger charge is -2.20. The second-order valence-corrected chi connectivity index (χ2v) is 4.84. The Labute approximate surface area is 116 Å². The molecule has 2 rings (SSSR count). The lowest BCUT2D eigenvalue weighted by atomic mass is 10.1. The minimum Gasteiger partial charge on any atom is -0.339 e. The largest absolute Gasteiger partial charge is 0.339 e. The normalized spacial score (nSPS) is 15.6. The standard InChI is InChI=1S/C13H18N4O3/c14-15-11-6-5-10(9-12(11)17(19)20)13(18)16-7-3-1-2-4-8-16/h5-6,9,15H,1-4,7-8,14H2. The Morgan fingerprint density at radius 1 is 1.25 bits per heavy atom.